The maximum atomic E-state index is 13.4. The van der Waals surface area contributed by atoms with E-state index in [1.807, 2.05) is 80.1 Å². The SMILES string of the molecule is CCCCCCC(C)n1cc[n+](C)c1C(=O)Nc1cc(NC(=O)c2n(CC)cc[n+]2C)ccc1C. The van der Waals surface area contributed by atoms with Crippen molar-refractivity contribution in [2.24, 2.45) is 14.1 Å². The summed E-state index contributed by atoms with van der Waals surface area (Å²) in [6.07, 6.45) is 13.5. The molecule has 8 heteroatoms. The van der Waals surface area contributed by atoms with Crippen molar-refractivity contribution in [2.75, 3.05) is 10.6 Å². The van der Waals surface area contributed by atoms with Gasteiger partial charge in [-0.1, -0.05) is 32.3 Å². The number of carbonyl (C=O) groups excluding carboxylic acids is 2. The molecule has 0 aliphatic carbocycles. The third kappa shape index (κ3) is 6.18. The number of unbranched alkanes of at least 4 members (excludes halogenated alkanes) is 3. The Morgan fingerprint density at radius 3 is 2.34 bits per heavy atom. The fourth-order valence-corrected chi connectivity index (χ4v) is 4.40. The first-order valence-corrected chi connectivity index (χ1v) is 12.6. The van der Waals surface area contributed by atoms with Crippen LogP contribution in [0.3, 0.4) is 0 Å². The van der Waals surface area contributed by atoms with Gasteiger partial charge in [-0.3, -0.25) is 9.59 Å². The Balaban J connectivity index is 1.76. The van der Waals surface area contributed by atoms with Crippen molar-refractivity contribution in [1.29, 1.82) is 0 Å². The fraction of sp³-hybridized carbons (Fsp3) is 0.481. The normalized spacial score (nSPS) is 11.9. The fourth-order valence-electron chi connectivity index (χ4n) is 4.40. The van der Waals surface area contributed by atoms with E-state index in [9.17, 15) is 9.59 Å². The van der Waals surface area contributed by atoms with Gasteiger partial charge in [0.15, 0.2) is 0 Å². The van der Waals surface area contributed by atoms with Gasteiger partial charge in [-0.25, -0.2) is 18.3 Å². The number of carbonyl (C=O) groups is 2. The third-order valence-corrected chi connectivity index (χ3v) is 6.55. The van der Waals surface area contributed by atoms with Gasteiger partial charge in [-0.2, -0.15) is 0 Å². The van der Waals surface area contributed by atoms with Gasteiger partial charge in [0.1, 0.15) is 24.8 Å². The molecule has 8 nitrogen and oxygen atoms in total. The molecule has 1 aromatic carbocycles. The van der Waals surface area contributed by atoms with Gasteiger partial charge < -0.3 is 10.6 Å². The van der Waals surface area contributed by atoms with Crippen LogP contribution in [0.15, 0.2) is 43.0 Å². The highest BCUT2D eigenvalue weighted by Gasteiger charge is 2.27. The van der Waals surface area contributed by atoms with Gasteiger partial charge in [0.2, 0.25) is 0 Å². The molecule has 0 spiro atoms. The van der Waals surface area contributed by atoms with E-state index in [-0.39, 0.29) is 17.9 Å². The van der Waals surface area contributed by atoms with Crippen molar-refractivity contribution in [3.8, 4) is 0 Å². The summed E-state index contributed by atoms with van der Waals surface area (Å²) in [7, 11) is 3.74. The molecule has 0 fully saturated rings. The van der Waals surface area contributed by atoms with Gasteiger partial charge in [-0.15, -0.1) is 0 Å². The summed E-state index contributed by atoms with van der Waals surface area (Å²) in [5, 5.41) is 6.03. The van der Waals surface area contributed by atoms with Crippen LogP contribution in [0.4, 0.5) is 11.4 Å². The summed E-state index contributed by atoms with van der Waals surface area (Å²) in [5.74, 6) is 0.805. The molecule has 3 rings (SSSR count). The minimum absolute atomic E-state index is 0.171. The number of nitrogens with zero attached hydrogens (tertiary/aromatic N) is 4. The van der Waals surface area contributed by atoms with E-state index in [2.05, 4.69) is 29.0 Å². The molecule has 2 N–H and O–H groups in total. The summed E-state index contributed by atoms with van der Waals surface area (Å²) in [4.78, 5) is 26.3. The third-order valence-electron chi connectivity index (χ3n) is 6.55. The zero-order chi connectivity index (χ0) is 25.5. The van der Waals surface area contributed by atoms with Crippen molar-refractivity contribution in [1.82, 2.24) is 9.13 Å². The standard InChI is InChI=1S/C27H38N6O2/c1-7-9-10-11-12-21(4)33-18-16-31(6)27(33)25(35)29-23-19-22(14-13-20(23)3)28-24(34)26-30(5)15-17-32(26)8-2/h13-19,21H,7-12H2,1-6H3/p+2. The van der Waals surface area contributed by atoms with Crippen molar-refractivity contribution in [3.05, 3.63) is 60.2 Å². The van der Waals surface area contributed by atoms with Crippen LogP contribution in [0.1, 0.15) is 85.7 Å². The van der Waals surface area contributed by atoms with Crippen LogP contribution in [0.2, 0.25) is 0 Å². The van der Waals surface area contributed by atoms with Crippen molar-refractivity contribution in [2.45, 2.75) is 72.4 Å². The van der Waals surface area contributed by atoms with Crippen molar-refractivity contribution in [3.63, 3.8) is 0 Å². The molecule has 2 aromatic heterocycles. The monoisotopic (exact) mass is 480 g/mol. The lowest BCUT2D eigenvalue weighted by atomic mass is 10.1. The molecule has 1 unspecified atom stereocenters. The highest BCUT2D eigenvalue weighted by Crippen LogP contribution is 2.22. The molecule has 0 radical (unpaired) electrons. The number of nitrogens with one attached hydrogen (secondary N) is 2. The van der Waals surface area contributed by atoms with Crippen LogP contribution in [0.5, 0.6) is 0 Å². The molecule has 2 amide bonds. The molecule has 2 heterocycles. The average Bonchev–Trinajstić information content (AvgIpc) is 3.40. The van der Waals surface area contributed by atoms with E-state index in [0.29, 0.717) is 29.6 Å². The number of amides is 2. The molecule has 1 atom stereocenters. The zero-order valence-corrected chi connectivity index (χ0v) is 22.0. The lowest BCUT2D eigenvalue weighted by Crippen LogP contribution is -2.38. The van der Waals surface area contributed by atoms with Crippen LogP contribution < -0.4 is 19.8 Å². The number of aromatic nitrogens is 4. The minimum Gasteiger partial charge on any atom is -0.315 e. The van der Waals surface area contributed by atoms with E-state index in [1.54, 1.807) is 4.57 Å². The largest absolute Gasteiger partial charge is 0.348 e. The van der Waals surface area contributed by atoms with E-state index in [0.717, 1.165) is 18.4 Å². The molecule has 188 valence electrons. The van der Waals surface area contributed by atoms with E-state index in [1.165, 1.54) is 19.3 Å². The number of rotatable bonds is 11. The Morgan fingerprint density at radius 2 is 1.63 bits per heavy atom. The van der Waals surface area contributed by atoms with Crippen molar-refractivity contribution < 1.29 is 18.7 Å². The number of hydrogen-bond acceptors (Lipinski definition) is 2. The van der Waals surface area contributed by atoms with Crippen LogP contribution in [-0.4, -0.2) is 20.9 Å². The maximum Gasteiger partial charge on any atom is 0.348 e. The highest BCUT2D eigenvalue weighted by molar-refractivity contribution is 6.03. The smallest absolute Gasteiger partial charge is 0.315 e. The summed E-state index contributed by atoms with van der Waals surface area (Å²) in [6.45, 7) is 9.02. The second kappa shape index (κ2) is 11.8. The summed E-state index contributed by atoms with van der Waals surface area (Å²) in [6, 6.07) is 5.80. The van der Waals surface area contributed by atoms with Crippen LogP contribution >= 0.6 is 0 Å². The Morgan fingerprint density at radius 1 is 0.943 bits per heavy atom. The van der Waals surface area contributed by atoms with Crippen LogP contribution in [0.25, 0.3) is 0 Å². The second-order valence-electron chi connectivity index (χ2n) is 9.29. The first-order valence-electron chi connectivity index (χ1n) is 12.6. The summed E-state index contributed by atoms with van der Waals surface area (Å²) >= 11 is 0. The molecular formula is C27H40N6O2+2. The number of hydrogen-bond donors (Lipinski definition) is 2. The number of benzene rings is 1. The van der Waals surface area contributed by atoms with Gasteiger partial charge in [0.05, 0.1) is 26.7 Å². The summed E-state index contributed by atoms with van der Waals surface area (Å²) < 4.78 is 7.61. The zero-order valence-electron chi connectivity index (χ0n) is 22.0. The first-order chi connectivity index (χ1) is 16.8. The van der Waals surface area contributed by atoms with E-state index < -0.39 is 0 Å². The Kier molecular flexibility index (Phi) is 8.84. The van der Waals surface area contributed by atoms with E-state index in [4.69, 9.17) is 0 Å². The molecule has 0 saturated carbocycles. The molecule has 0 bridgehead atoms. The Labute approximate surface area is 208 Å². The van der Waals surface area contributed by atoms with Crippen LogP contribution in [0, 0.1) is 6.92 Å². The van der Waals surface area contributed by atoms with Gasteiger partial charge in [0, 0.05) is 11.4 Å². The molecule has 0 aliphatic rings. The van der Waals surface area contributed by atoms with Gasteiger partial charge in [0.25, 0.3) is 0 Å². The molecule has 0 saturated heterocycles. The maximum absolute atomic E-state index is 13.4. The highest BCUT2D eigenvalue weighted by atomic mass is 16.2. The molecular weight excluding hydrogens is 440 g/mol. The summed E-state index contributed by atoms with van der Waals surface area (Å²) in [5.41, 5.74) is 2.22. The predicted octanol–water partition coefficient (Wildman–Crippen LogP) is 4.30. The lowest BCUT2D eigenvalue weighted by molar-refractivity contribution is -0.673. The average molecular weight is 481 g/mol. The molecule has 0 aliphatic heterocycles. The lowest BCUT2D eigenvalue weighted by Gasteiger charge is -2.13. The second-order valence-corrected chi connectivity index (χ2v) is 9.29. The van der Waals surface area contributed by atoms with E-state index >= 15 is 0 Å². The van der Waals surface area contributed by atoms with Gasteiger partial charge >= 0.3 is 23.5 Å². The van der Waals surface area contributed by atoms with Crippen LogP contribution in [-0.2, 0) is 20.6 Å². The number of anilines is 2. The topological polar surface area (TPSA) is 75.8 Å². The predicted molar refractivity (Wildman–Crippen MR) is 137 cm³/mol. The molecule has 3 aromatic rings. The number of imidazole rings is 2. The Bertz CT molecular complexity index is 1180. The Hall–Kier alpha value is -3.42. The first kappa shape index (κ1) is 26.2. The van der Waals surface area contributed by atoms with Crippen molar-refractivity contribution >= 4 is 23.2 Å². The van der Waals surface area contributed by atoms with Gasteiger partial charge in [-0.05, 0) is 51.3 Å². The number of aryl methyl sites for hydroxylation is 4. The quantitative estimate of drug-likeness (QED) is 0.317. The molecule has 35 heavy (non-hydrogen) atoms. The minimum atomic E-state index is -0.197.